The van der Waals surface area contributed by atoms with E-state index in [0.717, 1.165) is 23.7 Å². The van der Waals surface area contributed by atoms with Gasteiger partial charge in [-0.1, -0.05) is 0 Å². The fourth-order valence-electron chi connectivity index (χ4n) is 3.55. The minimum absolute atomic E-state index is 0.515. The lowest BCUT2D eigenvalue weighted by Crippen LogP contribution is -2.27. The van der Waals surface area contributed by atoms with E-state index < -0.39 is 0 Å². The monoisotopic (exact) mass is 171 g/mol. The van der Waals surface area contributed by atoms with Gasteiger partial charge in [-0.2, -0.15) is 0 Å². The van der Waals surface area contributed by atoms with Crippen molar-refractivity contribution in [3.05, 3.63) is 0 Å². The molecule has 2 heteroatoms. The van der Waals surface area contributed by atoms with Crippen molar-refractivity contribution < 1.29 is 0 Å². The Hall–Kier alpha value is 0.250. The molecule has 62 valence electrons. The number of hydrogen-bond acceptors (Lipinski definition) is 1. The Labute approximate surface area is 72.5 Å². The third-order valence-electron chi connectivity index (χ3n) is 4.03. The number of alkyl halides is 1. The van der Waals surface area contributed by atoms with Crippen molar-refractivity contribution in [3.8, 4) is 0 Å². The van der Waals surface area contributed by atoms with Crippen molar-refractivity contribution in [1.29, 1.82) is 0 Å². The van der Waals surface area contributed by atoms with Gasteiger partial charge in [-0.25, -0.2) is 0 Å². The van der Waals surface area contributed by atoms with Gasteiger partial charge in [-0.05, 0) is 49.6 Å². The molecular formula is C9H14ClN. The van der Waals surface area contributed by atoms with Crippen molar-refractivity contribution in [1.82, 2.24) is 5.32 Å². The summed E-state index contributed by atoms with van der Waals surface area (Å²) >= 11 is 6.25. The van der Waals surface area contributed by atoms with E-state index in [-0.39, 0.29) is 0 Å². The van der Waals surface area contributed by atoms with E-state index in [0.29, 0.717) is 5.38 Å². The Balaban J connectivity index is 1.90. The van der Waals surface area contributed by atoms with Crippen molar-refractivity contribution in [2.24, 2.45) is 23.7 Å². The minimum Gasteiger partial charge on any atom is -0.316 e. The first kappa shape index (κ1) is 6.73. The molecule has 3 aliphatic rings. The zero-order valence-corrected chi connectivity index (χ0v) is 7.35. The number of fused-ring (bicyclic) bond motifs is 5. The first-order chi connectivity index (χ1) is 5.36. The molecule has 0 aromatic heterocycles. The second-order valence-corrected chi connectivity index (χ2v) is 4.96. The topological polar surface area (TPSA) is 12.0 Å². The molecule has 2 aliphatic carbocycles. The van der Waals surface area contributed by atoms with Crippen LogP contribution in [0, 0.1) is 23.7 Å². The first-order valence-electron chi connectivity index (χ1n) is 4.71. The maximum atomic E-state index is 6.25. The highest BCUT2D eigenvalue weighted by atomic mass is 35.5. The van der Waals surface area contributed by atoms with Gasteiger partial charge in [0.05, 0.1) is 0 Å². The lowest BCUT2D eigenvalue weighted by atomic mass is 9.82. The molecule has 0 aromatic rings. The maximum absolute atomic E-state index is 6.25. The number of rotatable bonds is 0. The average molecular weight is 172 g/mol. The second-order valence-electron chi connectivity index (χ2n) is 4.40. The molecule has 1 aliphatic heterocycles. The summed E-state index contributed by atoms with van der Waals surface area (Å²) in [5.74, 6) is 3.77. The summed E-state index contributed by atoms with van der Waals surface area (Å²) in [6.07, 6.45) is 2.74. The Morgan fingerprint density at radius 3 is 2.73 bits per heavy atom. The Kier molecular flexibility index (Phi) is 1.31. The smallest absolute Gasteiger partial charge is 0.0370 e. The number of nitrogens with one attached hydrogen (secondary N) is 1. The Bertz CT molecular complexity index is 182. The van der Waals surface area contributed by atoms with E-state index >= 15 is 0 Å². The highest BCUT2D eigenvalue weighted by Crippen LogP contribution is 2.55. The van der Waals surface area contributed by atoms with Crippen LogP contribution in [0.15, 0.2) is 0 Å². The summed E-state index contributed by atoms with van der Waals surface area (Å²) < 4.78 is 0. The van der Waals surface area contributed by atoms with Crippen molar-refractivity contribution in [3.63, 3.8) is 0 Å². The summed E-state index contributed by atoms with van der Waals surface area (Å²) in [7, 11) is 0. The second kappa shape index (κ2) is 2.14. The standard InChI is InChI=1S/C9H14ClN/c10-9-2-5-1-6(9)8-4-11-3-7(5)8/h5-9,11H,1-4H2/t5-,6-,7+,8+,9+/m0/s1. The Morgan fingerprint density at radius 2 is 1.82 bits per heavy atom. The van der Waals surface area contributed by atoms with Crippen LogP contribution in [0.5, 0.6) is 0 Å². The zero-order chi connectivity index (χ0) is 7.42. The number of halogens is 1. The van der Waals surface area contributed by atoms with E-state index in [1.807, 2.05) is 0 Å². The van der Waals surface area contributed by atoms with Crippen molar-refractivity contribution in [2.45, 2.75) is 18.2 Å². The highest BCUT2D eigenvalue weighted by molar-refractivity contribution is 6.21. The SMILES string of the molecule is Cl[C@@H]1C[C@@H]2C[C@H]1[C@H]1CNC[C@H]21. The number of hydrogen-bond donors (Lipinski definition) is 1. The molecule has 0 amide bonds. The molecule has 3 rings (SSSR count). The highest BCUT2D eigenvalue weighted by Gasteiger charge is 2.53. The van der Waals surface area contributed by atoms with Gasteiger partial charge in [0.25, 0.3) is 0 Å². The summed E-state index contributed by atoms with van der Waals surface area (Å²) in [6.45, 7) is 2.52. The largest absolute Gasteiger partial charge is 0.316 e. The van der Waals surface area contributed by atoms with Crippen LogP contribution in [-0.4, -0.2) is 18.5 Å². The fourth-order valence-corrected chi connectivity index (χ4v) is 4.07. The fraction of sp³-hybridized carbons (Fsp3) is 1.00. The lowest BCUT2D eigenvalue weighted by Gasteiger charge is -2.26. The molecule has 1 saturated heterocycles. The van der Waals surface area contributed by atoms with Crippen LogP contribution in [0.25, 0.3) is 0 Å². The van der Waals surface area contributed by atoms with Crippen LogP contribution in [0.4, 0.5) is 0 Å². The first-order valence-corrected chi connectivity index (χ1v) is 5.14. The predicted octanol–water partition coefficient (Wildman–Crippen LogP) is 1.47. The molecule has 11 heavy (non-hydrogen) atoms. The third kappa shape index (κ3) is 0.762. The van der Waals surface area contributed by atoms with Crippen LogP contribution in [0.1, 0.15) is 12.8 Å². The molecule has 3 fully saturated rings. The van der Waals surface area contributed by atoms with E-state index in [1.165, 1.54) is 25.9 Å². The Morgan fingerprint density at radius 1 is 1.00 bits per heavy atom. The molecule has 1 nitrogen and oxygen atoms in total. The molecule has 0 spiro atoms. The maximum Gasteiger partial charge on any atom is 0.0370 e. The van der Waals surface area contributed by atoms with Gasteiger partial charge in [0.1, 0.15) is 0 Å². The van der Waals surface area contributed by atoms with Gasteiger partial charge in [0, 0.05) is 5.38 Å². The van der Waals surface area contributed by atoms with Crippen molar-refractivity contribution >= 4 is 11.6 Å². The van der Waals surface area contributed by atoms with E-state index in [4.69, 9.17) is 11.6 Å². The molecule has 0 radical (unpaired) electrons. The van der Waals surface area contributed by atoms with E-state index in [1.54, 1.807) is 0 Å². The van der Waals surface area contributed by atoms with Gasteiger partial charge in [0.2, 0.25) is 0 Å². The van der Waals surface area contributed by atoms with Crippen LogP contribution >= 0.6 is 11.6 Å². The van der Waals surface area contributed by atoms with Crippen molar-refractivity contribution in [2.75, 3.05) is 13.1 Å². The zero-order valence-electron chi connectivity index (χ0n) is 6.59. The molecule has 0 aromatic carbocycles. The van der Waals surface area contributed by atoms with Gasteiger partial charge in [-0.3, -0.25) is 0 Å². The normalized spacial score (nSPS) is 60.3. The molecule has 5 atom stereocenters. The summed E-state index contributed by atoms with van der Waals surface area (Å²) in [5, 5.41) is 4.00. The van der Waals surface area contributed by atoms with Crippen LogP contribution in [-0.2, 0) is 0 Å². The molecule has 2 bridgehead atoms. The molecular weight excluding hydrogens is 158 g/mol. The molecule has 1 N–H and O–H groups in total. The third-order valence-corrected chi connectivity index (χ3v) is 4.53. The summed E-state index contributed by atoms with van der Waals surface area (Å²) in [5.41, 5.74) is 0. The summed E-state index contributed by atoms with van der Waals surface area (Å²) in [4.78, 5) is 0. The average Bonchev–Trinajstić information content (AvgIpc) is 2.52. The predicted molar refractivity (Wildman–Crippen MR) is 45.7 cm³/mol. The van der Waals surface area contributed by atoms with E-state index in [9.17, 15) is 0 Å². The van der Waals surface area contributed by atoms with Gasteiger partial charge < -0.3 is 5.32 Å². The van der Waals surface area contributed by atoms with Crippen LogP contribution in [0.3, 0.4) is 0 Å². The van der Waals surface area contributed by atoms with E-state index in [2.05, 4.69) is 5.32 Å². The van der Waals surface area contributed by atoms with Gasteiger partial charge in [0.15, 0.2) is 0 Å². The van der Waals surface area contributed by atoms with Crippen LogP contribution in [0.2, 0.25) is 0 Å². The van der Waals surface area contributed by atoms with Crippen LogP contribution < -0.4 is 5.32 Å². The molecule has 0 unspecified atom stereocenters. The summed E-state index contributed by atoms with van der Waals surface area (Å²) in [6, 6.07) is 0. The minimum atomic E-state index is 0.515. The lowest BCUT2D eigenvalue weighted by molar-refractivity contribution is 0.285. The quantitative estimate of drug-likeness (QED) is 0.545. The molecule has 2 saturated carbocycles. The van der Waals surface area contributed by atoms with Gasteiger partial charge >= 0.3 is 0 Å². The molecule has 1 heterocycles. The van der Waals surface area contributed by atoms with Gasteiger partial charge in [-0.15, -0.1) is 11.6 Å².